The molecule has 2 aliphatic heterocycles. The lowest BCUT2D eigenvalue weighted by Gasteiger charge is -2.42. The first kappa shape index (κ1) is 26.8. The SMILES string of the molecule is COC1C(OC(=O)NCCCCCCOC(C)S)CC[C@]2(CO2)C1[C@@]1(C)O[C@@H]1CC=C(C)C. The minimum Gasteiger partial charge on any atom is -0.443 e. The summed E-state index contributed by atoms with van der Waals surface area (Å²) >= 11 is 4.20. The van der Waals surface area contributed by atoms with Crippen LogP contribution in [0.4, 0.5) is 4.79 Å². The van der Waals surface area contributed by atoms with Gasteiger partial charge >= 0.3 is 6.09 Å². The first-order chi connectivity index (χ1) is 15.7. The lowest BCUT2D eigenvalue weighted by Crippen LogP contribution is -2.56. The third-order valence-electron chi connectivity index (χ3n) is 7.19. The van der Waals surface area contributed by atoms with Crippen molar-refractivity contribution in [1.82, 2.24) is 5.32 Å². The highest BCUT2D eigenvalue weighted by molar-refractivity contribution is 7.80. The average molecular weight is 486 g/mol. The summed E-state index contributed by atoms with van der Waals surface area (Å²) in [5, 5.41) is 2.90. The molecule has 7 atom stereocenters. The molecular formula is C25H43NO6S. The number of ether oxygens (including phenoxy) is 5. The molecule has 1 spiro atoms. The highest BCUT2D eigenvalue weighted by Gasteiger charge is 2.72. The van der Waals surface area contributed by atoms with Gasteiger partial charge in [0.2, 0.25) is 0 Å². The Kier molecular flexibility index (Phi) is 9.55. The van der Waals surface area contributed by atoms with E-state index in [-0.39, 0.29) is 47.0 Å². The van der Waals surface area contributed by atoms with Gasteiger partial charge in [-0.2, -0.15) is 0 Å². The van der Waals surface area contributed by atoms with Crippen LogP contribution in [-0.4, -0.2) is 67.9 Å². The number of alkyl carbamates (subject to hydrolysis) is 1. The van der Waals surface area contributed by atoms with Crippen molar-refractivity contribution in [2.75, 3.05) is 26.9 Å². The molecule has 33 heavy (non-hydrogen) atoms. The van der Waals surface area contributed by atoms with Crippen molar-refractivity contribution >= 4 is 18.7 Å². The molecule has 190 valence electrons. The second-order valence-electron chi connectivity index (χ2n) is 10.1. The fraction of sp³-hybridized carbons (Fsp3) is 0.880. The summed E-state index contributed by atoms with van der Waals surface area (Å²) in [5.74, 6) is 0.0410. The van der Waals surface area contributed by atoms with Crippen LogP contribution in [0.1, 0.15) is 72.6 Å². The Morgan fingerprint density at radius 2 is 2.00 bits per heavy atom. The summed E-state index contributed by atoms with van der Waals surface area (Å²) in [4.78, 5) is 12.5. The molecule has 3 fully saturated rings. The molecule has 3 rings (SSSR count). The van der Waals surface area contributed by atoms with Gasteiger partial charge in [-0.3, -0.25) is 0 Å². The van der Waals surface area contributed by atoms with Gasteiger partial charge in [0, 0.05) is 20.3 Å². The first-order valence-electron chi connectivity index (χ1n) is 12.4. The number of methoxy groups -OCH3 is 1. The highest BCUT2D eigenvalue weighted by atomic mass is 32.1. The normalized spacial score (nSPS) is 35.7. The molecule has 4 unspecified atom stereocenters. The standard InChI is InChI=1S/C25H43NO6S/c1-17(2)10-11-20-24(4,32-20)22-21(28-5)19(12-13-25(22)16-30-25)31-23(27)26-14-8-6-7-9-15-29-18(3)33/h10,18-22,33H,6-9,11-16H2,1-5H3,(H,26,27)/t18?,19?,20-,21?,22?,24+,25+/m1/s1. The molecule has 1 amide bonds. The predicted octanol–water partition coefficient (Wildman–Crippen LogP) is 4.64. The summed E-state index contributed by atoms with van der Waals surface area (Å²) in [6, 6.07) is 0. The second kappa shape index (κ2) is 11.8. The minimum atomic E-state index is -0.372. The number of epoxide rings is 2. The fourth-order valence-corrected chi connectivity index (χ4v) is 5.38. The van der Waals surface area contributed by atoms with Crippen LogP contribution in [-0.2, 0) is 23.7 Å². The van der Waals surface area contributed by atoms with Crippen LogP contribution in [0.3, 0.4) is 0 Å². The van der Waals surface area contributed by atoms with Gasteiger partial charge in [0.1, 0.15) is 23.4 Å². The monoisotopic (exact) mass is 485 g/mol. The van der Waals surface area contributed by atoms with E-state index in [1.54, 1.807) is 7.11 Å². The average Bonchev–Trinajstić information content (AvgIpc) is 3.67. The molecule has 8 heteroatoms. The van der Waals surface area contributed by atoms with Gasteiger partial charge in [-0.15, -0.1) is 12.6 Å². The second-order valence-corrected chi connectivity index (χ2v) is 10.9. The van der Waals surface area contributed by atoms with Gasteiger partial charge in [-0.25, -0.2) is 4.79 Å². The third kappa shape index (κ3) is 7.10. The van der Waals surface area contributed by atoms with Gasteiger partial charge in [-0.05, 0) is 59.8 Å². The van der Waals surface area contributed by atoms with Gasteiger partial charge in [-0.1, -0.05) is 24.5 Å². The molecule has 0 aromatic heterocycles. The van der Waals surface area contributed by atoms with E-state index < -0.39 is 0 Å². The van der Waals surface area contributed by atoms with Crippen molar-refractivity contribution in [2.45, 2.75) is 108 Å². The molecule has 2 saturated heterocycles. The quantitative estimate of drug-likeness (QED) is 0.130. The molecule has 0 aromatic rings. The molecule has 0 bridgehead atoms. The zero-order valence-electron chi connectivity index (χ0n) is 20.9. The number of carbonyl (C=O) groups excluding carboxylic acids is 1. The van der Waals surface area contributed by atoms with Crippen LogP contribution >= 0.6 is 12.6 Å². The van der Waals surface area contributed by atoms with E-state index in [1.807, 2.05) is 6.92 Å². The van der Waals surface area contributed by atoms with E-state index >= 15 is 0 Å². The van der Waals surface area contributed by atoms with E-state index in [4.69, 9.17) is 23.7 Å². The summed E-state index contributed by atoms with van der Waals surface area (Å²) < 4.78 is 29.4. The Balaban J connectivity index is 1.45. The number of carbonyl (C=O) groups is 1. The lowest BCUT2D eigenvalue weighted by molar-refractivity contribution is -0.118. The van der Waals surface area contributed by atoms with E-state index in [9.17, 15) is 4.79 Å². The number of amides is 1. The van der Waals surface area contributed by atoms with E-state index in [0.717, 1.165) is 58.2 Å². The van der Waals surface area contributed by atoms with Crippen LogP contribution in [0, 0.1) is 5.92 Å². The van der Waals surface area contributed by atoms with Crippen molar-refractivity contribution in [2.24, 2.45) is 5.92 Å². The molecule has 1 N–H and O–H groups in total. The fourth-order valence-electron chi connectivity index (χ4n) is 5.27. The van der Waals surface area contributed by atoms with Gasteiger partial charge < -0.3 is 29.0 Å². The number of unbranched alkanes of at least 4 members (excludes halogenated alkanes) is 3. The Morgan fingerprint density at radius 3 is 2.64 bits per heavy atom. The van der Waals surface area contributed by atoms with Crippen molar-refractivity contribution < 1.29 is 28.5 Å². The molecule has 1 aliphatic carbocycles. The van der Waals surface area contributed by atoms with Gasteiger partial charge in [0.25, 0.3) is 0 Å². The number of thiol groups is 1. The molecule has 1 saturated carbocycles. The van der Waals surface area contributed by atoms with Crippen molar-refractivity contribution in [3.8, 4) is 0 Å². The van der Waals surface area contributed by atoms with E-state index in [0.29, 0.717) is 6.54 Å². The molecule has 0 radical (unpaired) electrons. The smallest absolute Gasteiger partial charge is 0.407 e. The predicted molar refractivity (Wildman–Crippen MR) is 131 cm³/mol. The van der Waals surface area contributed by atoms with Crippen LogP contribution in [0.5, 0.6) is 0 Å². The summed E-state index contributed by atoms with van der Waals surface area (Å²) in [6.07, 6.45) is 7.95. The summed E-state index contributed by atoms with van der Waals surface area (Å²) in [6.45, 7) is 10.3. The Morgan fingerprint density at radius 1 is 1.27 bits per heavy atom. The van der Waals surface area contributed by atoms with E-state index in [2.05, 4.69) is 44.8 Å². The van der Waals surface area contributed by atoms with Crippen LogP contribution in [0.15, 0.2) is 11.6 Å². The molecule has 7 nitrogen and oxygen atoms in total. The molecule has 2 heterocycles. The zero-order chi connectivity index (χ0) is 24.1. The number of hydrogen-bond acceptors (Lipinski definition) is 7. The zero-order valence-corrected chi connectivity index (χ0v) is 21.8. The third-order valence-corrected chi connectivity index (χ3v) is 7.34. The topological polar surface area (TPSA) is 81.9 Å². The van der Waals surface area contributed by atoms with Crippen LogP contribution in [0.25, 0.3) is 0 Å². The van der Waals surface area contributed by atoms with Gasteiger partial charge in [0.05, 0.1) is 24.1 Å². The number of rotatable bonds is 13. The molecule has 3 aliphatic rings. The Hall–Kier alpha value is -0.800. The number of allylic oxidation sites excluding steroid dienone is 1. The van der Waals surface area contributed by atoms with Crippen molar-refractivity contribution in [1.29, 1.82) is 0 Å². The maximum atomic E-state index is 12.5. The highest BCUT2D eigenvalue weighted by Crippen LogP contribution is 2.59. The van der Waals surface area contributed by atoms with E-state index in [1.165, 1.54) is 5.57 Å². The Labute approximate surface area is 204 Å². The first-order valence-corrected chi connectivity index (χ1v) is 13.0. The van der Waals surface area contributed by atoms with Crippen LogP contribution in [0.2, 0.25) is 0 Å². The Bertz CT molecular complexity index is 678. The molecular weight excluding hydrogens is 442 g/mol. The van der Waals surface area contributed by atoms with Crippen molar-refractivity contribution in [3.63, 3.8) is 0 Å². The number of hydrogen-bond donors (Lipinski definition) is 2. The maximum absolute atomic E-state index is 12.5. The largest absolute Gasteiger partial charge is 0.443 e. The van der Waals surface area contributed by atoms with Crippen LogP contribution < -0.4 is 5.32 Å². The molecule has 0 aromatic carbocycles. The minimum absolute atomic E-state index is 0.0181. The maximum Gasteiger partial charge on any atom is 0.407 e. The van der Waals surface area contributed by atoms with Crippen molar-refractivity contribution in [3.05, 3.63) is 11.6 Å². The summed E-state index contributed by atoms with van der Waals surface area (Å²) in [7, 11) is 1.70. The van der Waals surface area contributed by atoms with Gasteiger partial charge in [0.15, 0.2) is 0 Å². The lowest BCUT2D eigenvalue weighted by atomic mass is 9.68. The summed E-state index contributed by atoms with van der Waals surface area (Å²) in [5.41, 5.74) is 0.738. The number of nitrogens with one attached hydrogen (secondary N) is 1.